The van der Waals surface area contributed by atoms with E-state index < -0.39 is 0 Å². The quantitative estimate of drug-likeness (QED) is 0.919. The molecule has 0 spiro atoms. The number of imidazole rings is 1. The lowest BCUT2D eigenvalue weighted by Gasteiger charge is -2.39. The molecule has 1 fully saturated rings. The van der Waals surface area contributed by atoms with Crippen LogP contribution in [0.1, 0.15) is 38.9 Å². The van der Waals surface area contributed by atoms with E-state index in [2.05, 4.69) is 34.5 Å². The number of hydrogen-bond donors (Lipinski definition) is 1. The van der Waals surface area contributed by atoms with E-state index in [-0.39, 0.29) is 0 Å². The first-order valence-corrected chi connectivity index (χ1v) is 8.11. The molecule has 1 aliphatic carbocycles. The van der Waals surface area contributed by atoms with Crippen molar-refractivity contribution in [2.45, 2.75) is 52.2 Å². The average molecular weight is 276 g/mol. The maximum Gasteiger partial charge on any atom is 0.122 e. The molecule has 0 radical (unpaired) electrons. The molecule has 20 heavy (non-hydrogen) atoms. The Balaban J connectivity index is 1.59. The van der Waals surface area contributed by atoms with Crippen LogP contribution in [0.15, 0.2) is 12.4 Å². The molecule has 1 aliphatic heterocycles. The van der Waals surface area contributed by atoms with Crippen LogP contribution in [0.3, 0.4) is 0 Å². The third-order valence-electron chi connectivity index (χ3n) is 5.34. The van der Waals surface area contributed by atoms with Gasteiger partial charge in [0, 0.05) is 38.1 Å². The van der Waals surface area contributed by atoms with E-state index in [1.54, 1.807) is 0 Å². The highest BCUT2D eigenvalue weighted by Gasteiger charge is 2.31. The molecule has 0 aromatic carbocycles. The molecule has 2 heterocycles. The standard InChI is InChI=1S/C16H28N4/c1-12(2)13-3-4-15(17)14(9-13)10-19-7-8-20-6-5-18-16(20)11-19/h5-6,12-15H,3-4,7-11,17H2,1-2H3. The zero-order chi connectivity index (χ0) is 14.1. The lowest BCUT2D eigenvalue weighted by atomic mass is 9.73. The van der Waals surface area contributed by atoms with Gasteiger partial charge in [-0.05, 0) is 37.0 Å². The minimum atomic E-state index is 0.395. The summed E-state index contributed by atoms with van der Waals surface area (Å²) in [6, 6.07) is 0.395. The lowest BCUT2D eigenvalue weighted by molar-refractivity contribution is 0.119. The van der Waals surface area contributed by atoms with Crippen molar-refractivity contribution < 1.29 is 0 Å². The highest BCUT2D eigenvalue weighted by Crippen LogP contribution is 2.33. The third kappa shape index (κ3) is 2.91. The summed E-state index contributed by atoms with van der Waals surface area (Å²) in [5, 5.41) is 0. The van der Waals surface area contributed by atoms with Gasteiger partial charge in [0.15, 0.2) is 0 Å². The largest absolute Gasteiger partial charge is 0.333 e. The molecular weight excluding hydrogens is 248 g/mol. The van der Waals surface area contributed by atoms with E-state index in [4.69, 9.17) is 5.73 Å². The molecule has 1 saturated carbocycles. The highest BCUT2D eigenvalue weighted by atomic mass is 15.2. The number of aromatic nitrogens is 2. The number of fused-ring (bicyclic) bond motifs is 1. The van der Waals surface area contributed by atoms with E-state index in [1.807, 2.05) is 6.20 Å². The van der Waals surface area contributed by atoms with Gasteiger partial charge in [0.25, 0.3) is 0 Å². The van der Waals surface area contributed by atoms with Gasteiger partial charge < -0.3 is 10.3 Å². The third-order valence-corrected chi connectivity index (χ3v) is 5.34. The Kier molecular flexibility index (Phi) is 4.13. The first-order chi connectivity index (χ1) is 9.63. The van der Waals surface area contributed by atoms with Crippen LogP contribution in [-0.2, 0) is 13.1 Å². The van der Waals surface area contributed by atoms with Crippen LogP contribution in [0.5, 0.6) is 0 Å². The van der Waals surface area contributed by atoms with Gasteiger partial charge in [0.1, 0.15) is 5.82 Å². The summed E-state index contributed by atoms with van der Waals surface area (Å²) in [6.07, 6.45) is 7.84. The van der Waals surface area contributed by atoms with Gasteiger partial charge >= 0.3 is 0 Å². The fraction of sp³-hybridized carbons (Fsp3) is 0.812. The highest BCUT2D eigenvalue weighted by molar-refractivity contribution is 4.96. The lowest BCUT2D eigenvalue weighted by Crippen LogP contribution is -2.45. The second-order valence-electron chi connectivity index (χ2n) is 7.01. The Morgan fingerprint density at radius 1 is 1.35 bits per heavy atom. The molecule has 3 rings (SSSR count). The Hall–Kier alpha value is -0.870. The molecule has 1 aromatic heterocycles. The molecule has 2 aliphatic rings. The number of nitrogens with zero attached hydrogens (tertiary/aromatic N) is 3. The monoisotopic (exact) mass is 276 g/mol. The fourth-order valence-corrected chi connectivity index (χ4v) is 3.85. The van der Waals surface area contributed by atoms with Crippen LogP contribution in [0.2, 0.25) is 0 Å². The summed E-state index contributed by atoms with van der Waals surface area (Å²) in [5.41, 5.74) is 6.39. The van der Waals surface area contributed by atoms with Crippen molar-refractivity contribution in [3.63, 3.8) is 0 Å². The van der Waals surface area contributed by atoms with Gasteiger partial charge in [0.2, 0.25) is 0 Å². The average Bonchev–Trinajstić information content (AvgIpc) is 2.88. The molecule has 4 nitrogen and oxygen atoms in total. The number of rotatable bonds is 3. The number of nitrogens with two attached hydrogens (primary N) is 1. The van der Waals surface area contributed by atoms with Crippen molar-refractivity contribution in [3.05, 3.63) is 18.2 Å². The van der Waals surface area contributed by atoms with Crippen molar-refractivity contribution in [3.8, 4) is 0 Å². The van der Waals surface area contributed by atoms with Gasteiger partial charge in [-0.25, -0.2) is 4.98 Å². The van der Waals surface area contributed by atoms with Gasteiger partial charge in [-0.3, -0.25) is 4.90 Å². The van der Waals surface area contributed by atoms with E-state index in [0.717, 1.165) is 38.0 Å². The summed E-state index contributed by atoms with van der Waals surface area (Å²) in [4.78, 5) is 7.00. The SMILES string of the molecule is CC(C)C1CCC(N)C(CN2CCn3ccnc3C2)C1. The van der Waals surface area contributed by atoms with Crippen LogP contribution in [-0.4, -0.2) is 33.6 Å². The first-order valence-electron chi connectivity index (χ1n) is 8.11. The summed E-state index contributed by atoms with van der Waals surface area (Å²) < 4.78 is 2.27. The van der Waals surface area contributed by atoms with Crippen LogP contribution in [0.25, 0.3) is 0 Å². The van der Waals surface area contributed by atoms with E-state index >= 15 is 0 Å². The molecule has 1 aromatic rings. The van der Waals surface area contributed by atoms with E-state index in [9.17, 15) is 0 Å². The minimum absolute atomic E-state index is 0.395. The molecular formula is C16H28N4. The molecule has 112 valence electrons. The molecule has 0 bridgehead atoms. The van der Waals surface area contributed by atoms with Crippen LogP contribution in [0, 0.1) is 17.8 Å². The van der Waals surface area contributed by atoms with Crippen molar-refractivity contribution in [1.82, 2.24) is 14.5 Å². The normalized spacial score (nSPS) is 31.5. The summed E-state index contributed by atoms with van der Waals surface area (Å²) >= 11 is 0. The minimum Gasteiger partial charge on any atom is -0.333 e. The molecule has 0 saturated heterocycles. The molecule has 3 atom stereocenters. The smallest absolute Gasteiger partial charge is 0.122 e. The second-order valence-corrected chi connectivity index (χ2v) is 7.01. The zero-order valence-corrected chi connectivity index (χ0v) is 12.8. The molecule has 2 N–H and O–H groups in total. The fourth-order valence-electron chi connectivity index (χ4n) is 3.85. The summed E-state index contributed by atoms with van der Waals surface area (Å²) in [6.45, 7) is 9.07. The van der Waals surface area contributed by atoms with E-state index in [0.29, 0.717) is 12.0 Å². The van der Waals surface area contributed by atoms with Gasteiger partial charge in [-0.2, -0.15) is 0 Å². The first kappa shape index (κ1) is 14.1. The van der Waals surface area contributed by atoms with E-state index in [1.165, 1.54) is 25.1 Å². The Morgan fingerprint density at radius 2 is 2.20 bits per heavy atom. The van der Waals surface area contributed by atoms with Crippen LogP contribution in [0.4, 0.5) is 0 Å². The van der Waals surface area contributed by atoms with Crippen LogP contribution < -0.4 is 5.73 Å². The van der Waals surface area contributed by atoms with Gasteiger partial charge in [-0.15, -0.1) is 0 Å². The molecule has 4 heteroatoms. The maximum absolute atomic E-state index is 6.39. The second kappa shape index (κ2) is 5.86. The Bertz CT molecular complexity index is 439. The topological polar surface area (TPSA) is 47.1 Å². The predicted molar refractivity (Wildman–Crippen MR) is 81.1 cm³/mol. The summed E-state index contributed by atoms with van der Waals surface area (Å²) in [7, 11) is 0. The van der Waals surface area contributed by atoms with Crippen molar-refractivity contribution in [2.24, 2.45) is 23.5 Å². The summed E-state index contributed by atoms with van der Waals surface area (Å²) in [5.74, 6) is 3.54. The Labute approximate surface area is 122 Å². The van der Waals surface area contributed by atoms with Crippen molar-refractivity contribution in [2.75, 3.05) is 13.1 Å². The predicted octanol–water partition coefficient (Wildman–Crippen LogP) is 2.10. The zero-order valence-electron chi connectivity index (χ0n) is 12.8. The number of hydrogen-bond acceptors (Lipinski definition) is 3. The van der Waals surface area contributed by atoms with Crippen molar-refractivity contribution >= 4 is 0 Å². The van der Waals surface area contributed by atoms with Gasteiger partial charge in [-0.1, -0.05) is 13.8 Å². The maximum atomic E-state index is 6.39. The molecule has 0 amide bonds. The van der Waals surface area contributed by atoms with Crippen LogP contribution >= 0.6 is 0 Å². The Morgan fingerprint density at radius 3 is 3.00 bits per heavy atom. The van der Waals surface area contributed by atoms with Crippen molar-refractivity contribution in [1.29, 1.82) is 0 Å². The molecule has 3 unspecified atom stereocenters. The van der Waals surface area contributed by atoms with Gasteiger partial charge in [0.05, 0.1) is 6.54 Å².